The normalized spacial score (nSPS) is 12.6. The molecule has 3 rings (SSSR count). The zero-order valence-electron chi connectivity index (χ0n) is 17.2. The molecule has 0 radical (unpaired) electrons. The number of halogens is 1. The van der Waals surface area contributed by atoms with Crippen LogP contribution in [0.5, 0.6) is 0 Å². The summed E-state index contributed by atoms with van der Waals surface area (Å²) in [6, 6.07) is 18.0. The number of carbonyl (C=O) groups is 1. The van der Waals surface area contributed by atoms with Crippen LogP contribution in [0.4, 0.5) is 4.39 Å². The number of rotatable bonds is 10. The summed E-state index contributed by atoms with van der Waals surface area (Å²) in [7, 11) is -4.26. The van der Waals surface area contributed by atoms with Crippen molar-refractivity contribution in [3.05, 3.63) is 90.1 Å². The molecule has 3 aromatic rings. The SMILES string of the molecule is CC(CCc1ccccc1)NC(=O)CN(Cc1ccco1)S(=O)(=O)c1ccccc1F. The highest BCUT2D eigenvalue weighted by atomic mass is 32.2. The molecule has 1 heterocycles. The number of aryl methyl sites for hydroxylation is 1. The Bertz CT molecular complexity index is 1090. The Morgan fingerprint density at radius 2 is 1.77 bits per heavy atom. The average molecular weight is 445 g/mol. The molecule has 0 saturated carbocycles. The van der Waals surface area contributed by atoms with E-state index < -0.39 is 33.2 Å². The van der Waals surface area contributed by atoms with Gasteiger partial charge in [0, 0.05) is 6.04 Å². The van der Waals surface area contributed by atoms with Crippen molar-refractivity contribution in [1.82, 2.24) is 9.62 Å². The number of hydrogen-bond acceptors (Lipinski definition) is 4. The molecule has 164 valence electrons. The van der Waals surface area contributed by atoms with Crippen molar-refractivity contribution < 1.29 is 22.0 Å². The number of hydrogen-bond donors (Lipinski definition) is 1. The van der Waals surface area contributed by atoms with E-state index in [1.807, 2.05) is 37.3 Å². The maximum absolute atomic E-state index is 14.2. The van der Waals surface area contributed by atoms with Crippen molar-refractivity contribution in [2.45, 2.75) is 37.2 Å². The van der Waals surface area contributed by atoms with Crippen LogP contribution < -0.4 is 5.32 Å². The van der Waals surface area contributed by atoms with Gasteiger partial charge in [-0.15, -0.1) is 0 Å². The number of nitrogens with one attached hydrogen (secondary N) is 1. The van der Waals surface area contributed by atoms with E-state index in [1.165, 1.54) is 24.5 Å². The summed E-state index contributed by atoms with van der Waals surface area (Å²) in [5, 5.41) is 2.83. The van der Waals surface area contributed by atoms with Gasteiger partial charge in [-0.3, -0.25) is 4.79 Å². The first-order chi connectivity index (χ1) is 14.9. The second-order valence-electron chi connectivity index (χ2n) is 7.28. The van der Waals surface area contributed by atoms with Crippen molar-refractivity contribution >= 4 is 15.9 Å². The van der Waals surface area contributed by atoms with Crippen molar-refractivity contribution in [2.75, 3.05) is 6.54 Å². The lowest BCUT2D eigenvalue weighted by Gasteiger charge is -2.22. The highest BCUT2D eigenvalue weighted by Crippen LogP contribution is 2.21. The highest BCUT2D eigenvalue weighted by molar-refractivity contribution is 7.89. The van der Waals surface area contributed by atoms with Crippen LogP contribution in [-0.2, 0) is 27.8 Å². The van der Waals surface area contributed by atoms with Crippen LogP contribution >= 0.6 is 0 Å². The third kappa shape index (κ3) is 6.26. The maximum atomic E-state index is 14.2. The van der Waals surface area contributed by atoms with Gasteiger partial charge in [0.1, 0.15) is 16.5 Å². The third-order valence-corrected chi connectivity index (χ3v) is 6.63. The molecule has 1 amide bonds. The number of carbonyl (C=O) groups excluding carboxylic acids is 1. The molecular weight excluding hydrogens is 419 g/mol. The zero-order valence-corrected chi connectivity index (χ0v) is 18.0. The van der Waals surface area contributed by atoms with Gasteiger partial charge in [-0.25, -0.2) is 12.8 Å². The zero-order chi connectivity index (χ0) is 22.3. The highest BCUT2D eigenvalue weighted by Gasteiger charge is 2.30. The van der Waals surface area contributed by atoms with Crippen molar-refractivity contribution in [3.8, 4) is 0 Å². The van der Waals surface area contributed by atoms with Gasteiger partial charge in [-0.05, 0) is 49.6 Å². The molecule has 1 atom stereocenters. The Morgan fingerprint density at radius 1 is 1.06 bits per heavy atom. The van der Waals surface area contributed by atoms with Gasteiger partial charge in [-0.1, -0.05) is 42.5 Å². The minimum absolute atomic E-state index is 0.158. The molecule has 1 aromatic heterocycles. The lowest BCUT2D eigenvalue weighted by molar-refractivity contribution is -0.122. The first-order valence-electron chi connectivity index (χ1n) is 9.96. The summed E-state index contributed by atoms with van der Waals surface area (Å²) < 4.78 is 46.5. The fourth-order valence-corrected chi connectivity index (χ4v) is 4.60. The molecule has 0 bridgehead atoms. The lowest BCUT2D eigenvalue weighted by atomic mass is 10.1. The van der Waals surface area contributed by atoms with Crippen LogP contribution in [0.3, 0.4) is 0 Å². The van der Waals surface area contributed by atoms with Gasteiger partial charge in [-0.2, -0.15) is 4.31 Å². The molecule has 0 aliphatic heterocycles. The van der Waals surface area contributed by atoms with Crippen LogP contribution in [0.2, 0.25) is 0 Å². The fraction of sp³-hybridized carbons (Fsp3) is 0.261. The molecule has 1 unspecified atom stereocenters. The van der Waals surface area contributed by atoms with E-state index in [0.717, 1.165) is 22.4 Å². The smallest absolute Gasteiger partial charge is 0.246 e. The maximum Gasteiger partial charge on any atom is 0.246 e. The second kappa shape index (κ2) is 10.4. The largest absolute Gasteiger partial charge is 0.468 e. The van der Waals surface area contributed by atoms with Gasteiger partial charge < -0.3 is 9.73 Å². The monoisotopic (exact) mass is 444 g/mol. The minimum Gasteiger partial charge on any atom is -0.468 e. The van der Waals surface area contributed by atoms with E-state index in [1.54, 1.807) is 12.1 Å². The minimum atomic E-state index is -4.26. The Morgan fingerprint density at radius 3 is 2.45 bits per heavy atom. The Balaban J connectivity index is 1.69. The van der Waals surface area contributed by atoms with E-state index in [9.17, 15) is 17.6 Å². The molecule has 0 aliphatic rings. The molecule has 0 saturated heterocycles. The van der Waals surface area contributed by atoms with Crippen LogP contribution in [0.1, 0.15) is 24.7 Å². The van der Waals surface area contributed by atoms with Gasteiger partial charge in [0.15, 0.2) is 0 Å². The molecule has 2 aromatic carbocycles. The number of furan rings is 1. The predicted molar refractivity (Wildman–Crippen MR) is 115 cm³/mol. The second-order valence-corrected chi connectivity index (χ2v) is 9.18. The number of amides is 1. The third-order valence-electron chi connectivity index (χ3n) is 4.80. The topological polar surface area (TPSA) is 79.6 Å². The summed E-state index contributed by atoms with van der Waals surface area (Å²) in [6.45, 7) is 1.23. The fourth-order valence-electron chi connectivity index (χ4n) is 3.18. The lowest BCUT2D eigenvalue weighted by Crippen LogP contribution is -2.43. The molecule has 1 N–H and O–H groups in total. The molecule has 0 spiro atoms. The molecule has 8 heteroatoms. The van der Waals surface area contributed by atoms with Crippen LogP contribution in [0, 0.1) is 5.82 Å². The Hall–Kier alpha value is -2.97. The predicted octanol–water partition coefficient (Wildman–Crippen LogP) is 3.75. The molecular formula is C23H25FN2O4S. The van der Waals surface area contributed by atoms with Crippen molar-refractivity contribution in [2.24, 2.45) is 0 Å². The van der Waals surface area contributed by atoms with Crippen molar-refractivity contribution in [3.63, 3.8) is 0 Å². The Kier molecular flexibility index (Phi) is 7.59. The molecule has 31 heavy (non-hydrogen) atoms. The first kappa shape index (κ1) is 22.7. The van der Waals surface area contributed by atoms with Crippen molar-refractivity contribution in [1.29, 1.82) is 0 Å². The summed E-state index contributed by atoms with van der Waals surface area (Å²) in [4.78, 5) is 12.1. The van der Waals surface area contributed by atoms with E-state index in [0.29, 0.717) is 12.2 Å². The summed E-state index contributed by atoms with van der Waals surface area (Å²) in [5.41, 5.74) is 1.16. The summed E-state index contributed by atoms with van der Waals surface area (Å²) in [5.74, 6) is -0.986. The summed E-state index contributed by atoms with van der Waals surface area (Å²) in [6.07, 6.45) is 2.90. The van der Waals surface area contributed by atoms with Gasteiger partial charge in [0.2, 0.25) is 15.9 Å². The van der Waals surface area contributed by atoms with E-state index in [4.69, 9.17) is 4.42 Å². The number of nitrogens with zero attached hydrogens (tertiary/aromatic N) is 1. The van der Waals surface area contributed by atoms with Crippen LogP contribution in [0.15, 0.2) is 82.3 Å². The molecule has 0 aliphatic carbocycles. The quantitative estimate of drug-likeness (QED) is 0.517. The number of benzene rings is 2. The summed E-state index contributed by atoms with van der Waals surface area (Å²) >= 11 is 0. The van der Waals surface area contributed by atoms with Gasteiger partial charge in [0.05, 0.1) is 19.4 Å². The molecule has 0 fully saturated rings. The van der Waals surface area contributed by atoms with Gasteiger partial charge in [0.25, 0.3) is 0 Å². The molecule has 6 nitrogen and oxygen atoms in total. The van der Waals surface area contributed by atoms with Crippen LogP contribution in [0.25, 0.3) is 0 Å². The standard InChI is InChI=1S/C23H25FN2O4S/c1-18(13-14-19-8-3-2-4-9-19)25-23(27)17-26(16-20-10-7-15-30-20)31(28,29)22-12-6-5-11-21(22)24/h2-12,15,18H,13-14,16-17H2,1H3,(H,25,27). The van der Waals surface area contributed by atoms with E-state index in [2.05, 4.69) is 5.32 Å². The van der Waals surface area contributed by atoms with E-state index >= 15 is 0 Å². The average Bonchev–Trinajstić information content (AvgIpc) is 3.26. The van der Waals surface area contributed by atoms with E-state index in [-0.39, 0.29) is 12.6 Å². The van der Waals surface area contributed by atoms with Crippen LogP contribution in [-0.4, -0.2) is 31.2 Å². The first-order valence-corrected chi connectivity index (χ1v) is 11.4. The number of sulfonamides is 1. The Labute approximate surface area is 181 Å². The van der Waals surface area contributed by atoms with Gasteiger partial charge >= 0.3 is 0 Å².